The Bertz CT molecular complexity index is 993. The molecule has 0 aromatic rings. The molecule has 0 radical (unpaired) electrons. The van der Waals surface area contributed by atoms with Gasteiger partial charge in [0.05, 0.1) is 0 Å². The summed E-state index contributed by atoms with van der Waals surface area (Å²) in [5.74, 6) is 7.09. The van der Waals surface area contributed by atoms with E-state index in [9.17, 15) is 0 Å². The number of nitrogens with one attached hydrogen (secondary N) is 1. The van der Waals surface area contributed by atoms with Crippen LogP contribution in [-0.4, -0.2) is 12.6 Å². The number of fused-ring (bicyclic) bond motifs is 1. The van der Waals surface area contributed by atoms with Crippen molar-refractivity contribution >= 4 is 0 Å². The predicted molar refractivity (Wildman–Crippen MR) is 213 cm³/mol. The summed E-state index contributed by atoms with van der Waals surface area (Å²) in [5.41, 5.74) is 3.92. The highest BCUT2D eigenvalue weighted by Gasteiger charge is 2.38. The van der Waals surface area contributed by atoms with E-state index in [0.717, 1.165) is 29.6 Å². The zero-order valence-electron chi connectivity index (χ0n) is 33.0. The molecule has 1 nitrogen and oxygen atoms in total. The van der Waals surface area contributed by atoms with E-state index in [0.29, 0.717) is 29.7 Å². The topological polar surface area (TPSA) is 12.0 Å². The second-order valence-electron chi connectivity index (χ2n) is 17.3. The van der Waals surface area contributed by atoms with E-state index in [-0.39, 0.29) is 0 Å². The smallest absolute Gasteiger partial charge is 0.0133 e. The van der Waals surface area contributed by atoms with Gasteiger partial charge in [0.15, 0.2) is 0 Å². The summed E-state index contributed by atoms with van der Waals surface area (Å²) in [4.78, 5) is 0. The fourth-order valence-corrected chi connectivity index (χ4v) is 10.7. The summed E-state index contributed by atoms with van der Waals surface area (Å²) < 4.78 is 0. The zero-order chi connectivity index (χ0) is 34.1. The van der Waals surface area contributed by atoms with Crippen LogP contribution < -0.4 is 5.32 Å². The Morgan fingerprint density at radius 1 is 0.771 bits per heavy atom. The minimum Gasteiger partial charge on any atom is -0.313 e. The molecule has 48 heavy (non-hydrogen) atoms. The van der Waals surface area contributed by atoms with Crippen molar-refractivity contribution in [1.29, 1.82) is 0 Å². The second kappa shape index (κ2) is 22.0. The van der Waals surface area contributed by atoms with Crippen LogP contribution in [-0.2, 0) is 0 Å². The highest BCUT2D eigenvalue weighted by molar-refractivity contribution is 5.25. The van der Waals surface area contributed by atoms with Crippen LogP contribution in [0.25, 0.3) is 0 Å². The van der Waals surface area contributed by atoms with E-state index in [4.69, 9.17) is 0 Å². The van der Waals surface area contributed by atoms with Gasteiger partial charge in [-0.05, 0) is 137 Å². The van der Waals surface area contributed by atoms with Gasteiger partial charge in [0.25, 0.3) is 0 Å². The Morgan fingerprint density at radius 2 is 1.58 bits per heavy atom. The molecule has 0 amide bonds. The molecular formula is C47H81N. The number of hydrogen-bond acceptors (Lipinski definition) is 1. The Hall–Kier alpha value is -1.08. The van der Waals surface area contributed by atoms with Gasteiger partial charge < -0.3 is 5.32 Å². The number of rotatable bonds is 20. The molecular weight excluding hydrogens is 579 g/mol. The molecule has 0 aromatic carbocycles. The molecule has 1 N–H and O–H groups in total. The standard InChI is InChI=1S/C47H81N/c1-7-10-11-13-22-36(4)39(20-8-2)31-29-37(5)42(35-48-47-28-19-16-25-41(47)21-9-3)32-30-38(6)43-33-34-44(40-23-14-12-15-24-40)46-27-18-17-26-45(43)46/h13,16,22,25,29,31,36-42,44,46-48H,7-12,14-15,17-21,23-24,26-28,30,32-35H2,1-6H3/b22-13-,31-29-. The summed E-state index contributed by atoms with van der Waals surface area (Å²) >= 11 is 0. The van der Waals surface area contributed by atoms with Crippen molar-refractivity contribution in [3.63, 3.8) is 0 Å². The largest absolute Gasteiger partial charge is 0.313 e. The van der Waals surface area contributed by atoms with E-state index in [2.05, 4.69) is 83.3 Å². The third-order valence-electron chi connectivity index (χ3n) is 13.8. The number of allylic oxidation sites excluding steroid dienone is 7. The summed E-state index contributed by atoms with van der Waals surface area (Å²) in [6, 6.07) is 0.662. The van der Waals surface area contributed by atoms with Gasteiger partial charge in [-0.25, -0.2) is 0 Å². The van der Waals surface area contributed by atoms with Crippen LogP contribution in [0.15, 0.2) is 47.6 Å². The maximum atomic E-state index is 4.20. The van der Waals surface area contributed by atoms with Gasteiger partial charge in [-0.3, -0.25) is 0 Å². The van der Waals surface area contributed by atoms with E-state index < -0.39 is 0 Å². The normalized spacial score (nSPS) is 28.9. The molecule has 4 rings (SSSR count). The van der Waals surface area contributed by atoms with Crippen LogP contribution in [0, 0.1) is 53.3 Å². The summed E-state index contributed by atoms with van der Waals surface area (Å²) in [7, 11) is 0. The highest BCUT2D eigenvalue weighted by atomic mass is 14.9. The molecule has 0 spiro atoms. The van der Waals surface area contributed by atoms with Crippen molar-refractivity contribution in [3.05, 3.63) is 47.6 Å². The van der Waals surface area contributed by atoms with Crippen LogP contribution in [0.5, 0.6) is 0 Å². The lowest BCUT2D eigenvalue weighted by atomic mass is 9.61. The van der Waals surface area contributed by atoms with Crippen molar-refractivity contribution in [2.24, 2.45) is 53.3 Å². The van der Waals surface area contributed by atoms with Gasteiger partial charge in [0.1, 0.15) is 0 Å². The van der Waals surface area contributed by atoms with E-state index >= 15 is 0 Å². The Balaban J connectivity index is 1.45. The SMILES string of the molecule is CCCC/C=C\C(C)C(/C=C\C(C)C(CCC(C)C1=C2CCCCC2C(C2CCCCC2)CC1)CNC1CCC=CC1CCC)CCC. The fourth-order valence-electron chi connectivity index (χ4n) is 10.7. The summed E-state index contributed by atoms with van der Waals surface area (Å²) in [6.07, 6.45) is 45.9. The predicted octanol–water partition coefficient (Wildman–Crippen LogP) is 14.2. The van der Waals surface area contributed by atoms with Crippen LogP contribution in [0.2, 0.25) is 0 Å². The van der Waals surface area contributed by atoms with Crippen molar-refractivity contribution < 1.29 is 0 Å². The van der Waals surface area contributed by atoms with Crippen molar-refractivity contribution in [2.45, 2.75) is 189 Å². The third kappa shape index (κ3) is 12.0. The van der Waals surface area contributed by atoms with E-state index in [1.165, 1.54) is 148 Å². The van der Waals surface area contributed by atoms with Gasteiger partial charge in [0.2, 0.25) is 0 Å². The first-order chi connectivity index (χ1) is 23.5. The summed E-state index contributed by atoms with van der Waals surface area (Å²) in [5, 5.41) is 4.20. The van der Waals surface area contributed by atoms with Gasteiger partial charge in [-0.15, -0.1) is 0 Å². The average Bonchev–Trinajstić information content (AvgIpc) is 3.12. The number of unbranched alkanes of at least 4 members (excludes halogenated alkanes) is 2. The minimum absolute atomic E-state index is 0.617. The quantitative estimate of drug-likeness (QED) is 0.101. The highest BCUT2D eigenvalue weighted by Crippen LogP contribution is 2.51. The fraction of sp³-hybridized carbons (Fsp3) is 0.830. The molecule has 1 heteroatoms. The lowest BCUT2D eigenvalue weighted by Crippen LogP contribution is -2.40. The maximum Gasteiger partial charge on any atom is 0.0133 e. The first-order valence-corrected chi connectivity index (χ1v) is 21.9. The zero-order valence-corrected chi connectivity index (χ0v) is 33.0. The van der Waals surface area contributed by atoms with Gasteiger partial charge in [-0.2, -0.15) is 0 Å². The molecule has 0 aromatic heterocycles. The van der Waals surface area contributed by atoms with Crippen LogP contribution in [0.3, 0.4) is 0 Å². The molecule has 0 heterocycles. The van der Waals surface area contributed by atoms with Crippen molar-refractivity contribution in [1.82, 2.24) is 5.32 Å². The molecule has 0 saturated heterocycles. The molecule has 4 aliphatic carbocycles. The molecule has 9 unspecified atom stereocenters. The molecule has 0 bridgehead atoms. The van der Waals surface area contributed by atoms with Crippen LogP contribution >= 0.6 is 0 Å². The van der Waals surface area contributed by atoms with E-state index in [1.54, 1.807) is 0 Å². The Kier molecular flexibility index (Phi) is 18.2. The first-order valence-electron chi connectivity index (χ1n) is 21.9. The van der Waals surface area contributed by atoms with Crippen molar-refractivity contribution in [3.8, 4) is 0 Å². The molecule has 2 fully saturated rings. The third-order valence-corrected chi connectivity index (χ3v) is 13.8. The first kappa shape index (κ1) is 39.7. The average molecular weight is 660 g/mol. The minimum atomic E-state index is 0.617. The van der Waals surface area contributed by atoms with Crippen LogP contribution in [0.1, 0.15) is 183 Å². The maximum absolute atomic E-state index is 4.20. The molecule has 2 saturated carbocycles. The van der Waals surface area contributed by atoms with Crippen molar-refractivity contribution in [2.75, 3.05) is 6.54 Å². The van der Waals surface area contributed by atoms with Gasteiger partial charge >= 0.3 is 0 Å². The lowest BCUT2D eigenvalue weighted by Gasteiger charge is -2.45. The lowest BCUT2D eigenvalue weighted by molar-refractivity contribution is 0.151. The molecule has 4 aliphatic rings. The summed E-state index contributed by atoms with van der Waals surface area (Å²) in [6.45, 7) is 15.9. The second-order valence-corrected chi connectivity index (χ2v) is 17.3. The monoisotopic (exact) mass is 660 g/mol. The van der Waals surface area contributed by atoms with Gasteiger partial charge in [0, 0.05) is 6.04 Å². The van der Waals surface area contributed by atoms with Gasteiger partial charge in [-0.1, -0.05) is 153 Å². The molecule has 0 aliphatic heterocycles. The van der Waals surface area contributed by atoms with E-state index in [1.807, 2.05) is 11.1 Å². The molecule has 9 atom stereocenters. The molecule has 274 valence electrons. The number of hydrogen-bond donors (Lipinski definition) is 1. The van der Waals surface area contributed by atoms with Crippen LogP contribution in [0.4, 0.5) is 0 Å². The Labute approximate surface area is 300 Å². The Morgan fingerprint density at radius 3 is 2.35 bits per heavy atom.